The lowest BCUT2D eigenvalue weighted by molar-refractivity contribution is -0.138. The highest BCUT2D eigenvalue weighted by Gasteiger charge is 2.30. The second-order valence-corrected chi connectivity index (χ2v) is 7.61. The number of hydrogen-bond donors (Lipinski definition) is 0. The van der Waals surface area contributed by atoms with Crippen LogP contribution in [0.15, 0.2) is 42.7 Å². The van der Waals surface area contributed by atoms with Gasteiger partial charge in [-0.05, 0) is 36.5 Å². The number of amides is 1. The van der Waals surface area contributed by atoms with E-state index < -0.39 is 0 Å². The molecule has 26 heavy (non-hydrogen) atoms. The van der Waals surface area contributed by atoms with Gasteiger partial charge in [0.15, 0.2) is 0 Å². The Bertz CT molecular complexity index is 723. The van der Waals surface area contributed by atoms with Gasteiger partial charge in [0.2, 0.25) is 5.91 Å². The molecular formula is C21H28N4O. The minimum absolute atomic E-state index is 0.320. The molecule has 0 radical (unpaired) electrons. The van der Waals surface area contributed by atoms with Crippen molar-refractivity contribution in [1.29, 1.82) is 0 Å². The van der Waals surface area contributed by atoms with Gasteiger partial charge in [-0.25, -0.2) is 0 Å². The van der Waals surface area contributed by atoms with Crippen molar-refractivity contribution in [2.45, 2.75) is 38.8 Å². The van der Waals surface area contributed by atoms with Crippen LogP contribution >= 0.6 is 0 Å². The predicted molar refractivity (Wildman–Crippen MR) is 102 cm³/mol. The molecule has 0 bridgehead atoms. The van der Waals surface area contributed by atoms with Crippen molar-refractivity contribution in [3.8, 4) is 0 Å². The van der Waals surface area contributed by atoms with Gasteiger partial charge in [0.25, 0.3) is 0 Å². The molecule has 2 aliphatic rings. The number of nitrogens with zero attached hydrogens (tertiary/aromatic N) is 4. The molecule has 2 aromatic rings. The highest BCUT2D eigenvalue weighted by Crippen LogP contribution is 2.28. The van der Waals surface area contributed by atoms with E-state index in [0.717, 1.165) is 58.5 Å². The topological polar surface area (TPSA) is 41.4 Å². The lowest BCUT2D eigenvalue weighted by Gasteiger charge is -2.31. The molecule has 0 atom stereocenters. The van der Waals surface area contributed by atoms with Crippen LogP contribution in [0.4, 0.5) is 0 Å². The zero-order valence-electron chi connectivity index (χ0n) is 15.4. The minimum atomic E-state index is 0.320. The Morgan fingerprint density at radius 3 is 2.58 bits per heavy atom. The van der Waals surface area contributed by atoms with Crippen molar-refractivity contribution in [1.82, 2.24) is 19.6 Å². The van der Waals surface area contributed by atoms with Crippen molar-refractivity contribution < 1.29 is 4.79 Å². The van der Waals surface area contributed by atoms with Crippen LogP contribution in [0, 0.1) is 5.92 Å². The zero-order chi connectivity index (χ0) is 17.8. The maximum absolute atomic E-state index is 12.5. The molecule has 1 saturated heterocycles. The smallest absolute Gasteiger partial charge is 0.225 e. The van der Waals surface area contributed by atoms with Gasteiger partial charge in [-0.2, -0.15) is 5.10 Å². The van der Waals surface area contributed by atoms with Gasteiger partial charge in [0.1, 0.15) is 0 Å². The second-order valence-electron chi connectivity index (χ2n) is 7.61. The van der Waals surface area contributed by atoms with Crippen LogP contribution < -0.4 is 0 Å². The van der Waals surface area contributed by atoms with Crippen molar-refractivity contribution in [3.63, 3.8) is 0 Å². The van der Waals surface area contributed by atoms with E-state index in [4.69, 9.17) is 0 Å². The highest BCUT2D eigenvalue weighted by molar-refractivity contribution is 5.79. The van der Waals surface area contributed by atoms with Crippen LogP contribution in [0.3, 0.4) is 0 Å². The van der Waals surface area contributed by atoms with E-state index in [1.54, 1.807) is 0 Å². The average molecular weight is 352 g/mol. The molecule has 0 unspecified atom stereocenters. The lowest BCUT2D eigenvalue weighted by atomic mass is 9.84. The molecule has 1 aromatic carbocycles. The normalized spacial score (nSPS) is 19.2. The largest absolute Gasteiger partial charge is 0.341 e. The second kappa shape index (κ2) is 8.04. The molecule has 1 saturated carbocycles. The fraction of sp³-hybridized carbons (Fsp3) is 0.524. The maximum atomic E-state index is 12.5. The third kappa shape index (κ3) is 4.15. The van der Waals surface area contributed by atoms with Gasteiger partial charge in [-0.15, -0.1) is 0 Å². The zero-order valence-corrected chi connectivity index (χ0v) is 15.4. The summed E-state index contributed by atoms with van der Waals surface area (Å²) in [7, 11) is 0. The van der Waals surface area contributed by atoms with Gasteiger partial charge >= 0.3 is 0 Å². The Morgan fingerprint density at radius 2 is 1.85 bits per heavy atom. The van der Waals surface area contributed by atoms with E-state index in [2.05, 4.69) is 39.2 Å². The minimum Gasteiger partial charge on any atom is -0.341 e. The summed E-state index contributed by atoms with van der Waals surface area (Å²) < 4.78 is 1.95. The number of aromatic nitrogens is 2. The molecule has 5 nitrogen and oxygen atoms in total. The van der Waals surface area contributed by atoms with Crippen LogP contribution in [0.1, 0.15) is 36.8 Å². The van der Waals surface area contributed by atoms with Crippen molar-refractivity contribution in [3.05, 3.63) is 53.9 Å². The number of benzene rings is 1. The van der Waals surface area contributed by atoms with Crippen LogP contribution in [0.2, 0.25) is 0 Å². The Labute approximate surface area is 155 Å². The van der Waals surface area contributed by atoms with Gasteiger partial charge in [-0.1, -0.05) is 30.7 Å². The molecule has 2 heterocycles. The fourth-order valence-electron chi connectivity index (χ4n) is 3.93. The van der Waals surface area contributed by atoms with Crippen molar-refractivity contribution in [2.24, 2.45) is 5.92 Å². The Balaban J connectivity index is 1.33. The Kier molecular flexibility index (Phi) is 5.34. The molecule has 2 fully saturated rings. The van der Waals surface area contributed by atoms with E-state index in [1.165, 1.54) is 17.5 Å². The first-order chi connectivity index (χ1) is 12.8. The molecule has 1 aliphatic heterocycles. The van der Waals surface area contributed by atoms with E-state index >= 15 is 0 Å². The average Bonchev–Trinajstić information content (AvgIpc) is 2.98. The summed E-state index contributed by atoms with van der Waals surface area (Å²) in [6.45, 7) is 5.61. The fourth-order valence-corrected chi connectivity index (χ4v) is 3.93. The summed E-state index contributed by atoms with van der Waals surface area (Å²) in [5.74, 6) is 0.722. The first kappa shape index (κ1) is 17.3. The summed E-state index contributed by atoms with van der Waals surface area (Å²) in [6.07, 6.45) is 8.31. The quantitative estimate of drug-likeness (QED) is 0.831. The first-order valence-corrected chi connectivity index (χ1v) is 9.84. The Morgan fingerprint density at radius 1 is 1.00 bits per heavy atom. The van der Waals surface area contributed by atoms with Gasteiger partial charge in [0.05, 0.1) is 6.54 Å². The van der Waals surface area contributed by atoms with Crippen LogP contribution in [0.25, 0.3) is 0 Å². The van der Waals surface area contributed by atoms with E-state index in [-0.39, 0.29) is 0 Å². The molecule has 1 aromatic heterocycles. The molecule has 1 amide bonds. The summed E-state index contributed by atoms with van der Waals surface area (Å²) in [4.78, 5) is 17.1. The SMILES string of the molecule is O=C(C1CCC1)N1CCCN(Cc2cccc(Cn3cccn3)c2)CC1. The summed E-state index contributed by atoms with van der Waals surface area (Å²) in [5.41, 5.74) is 2.62. The standard InChI is InChI=1S/C21H28N4O/c26-21(20-7-2-8-20)24-11-4-10-23(13-14-24)16-18-5-1-6-19(15-18)17-25-12-3-9-22-25/h1,3,5-6,9,12,15,20H,2,4,7-8,10-11,13-14,16-17H2. The van der Waals surface area contributed by atoms with Crippen molar-refractivity contribution in [2.75, 3.05) is 26.2 Å². The summed E-state index contributed by atoms with van der Waals surface area (Å²) in [6, 6.07) is 10.7. The van der Waals surface area contributed by atoms with Gasteiger partial charge in [0, 0.05) is 51.0 Å². The Hall–Kier alpha value is -2.14. The number of carbonyl (C=O) groups is 1. The molecule has 1 aliphatic carbocycles. The third-order valence-corrected chi connectivity index (χ3v) is 5.66. The van der Waals surface area contributed by atoms with E-state index in [1.807, 2.05) is 23.1 Å². The van der Waals surface area contributed by atoms with Gasteiger partial charge < -0.3 is 4.90 Å². The summed E-state index contributed by atoms with van der Waals surface area (Å²) >= 11 is 0. The van der Waals surface area contributed by atoms with Crippen LogP contribution in [0.5, 0.6) is 0 Å². The predicted octanol–water partition coefficient (Wildman–Crippen LogP) is 2.77. The van der Waals surface area contributed by atoms with Gasteiger partial charge in [-0.3, -0.25) is 14.4 Å². The van der Waals surface area contributed by atoms with E-state index in [9.17, 15) is 4.79 Å². The molecule has 4 rings (SSSR count). The molecule has 0 spiro atoms. The number of hydrogen-bond acceptors (Lipinski definition) is 3. The van der Waals surface area contributed by atoms with Crippen LogP contribution in [-0.2, 0) is 17.9 Å². The molecular weight excluding hydrogens is 324 g/mol. The number of carbonyl (C=O) groups excluding carboxylic acids is 1. The number of rotatable bonds is 5. The lowest BCUT2D eigenvalue weighted by Crippen LogP contribution is -2.41. The molecule has 0 N–H and O–H groups in total. The van der Waals surface area contributed by atoms with Crippen LogP contribution in [-0.4, -0.2) is 51.7 Å². The first-order valence-electron chi connectivity index (χ1n) is 9.84. The van der Waals surface area contributed by atoms with Crippen molar-refractivity contribution >= 4 is 5.91 Å². The molecule has 5 heteroatoms. The third-order valence-electron chi connectivity index (χ3n) is 5.66. The maximum Gasteiger partial charge on any atom is 0.225 e. The highest BCUT2D eigenvalue weighted by atomic mass is 16.2. The summed E-state index contributed by atoms with van der Waals surface area (Å²) in [5, 5.41) is 4.29. The molecule has 138 valence electrons. The monoisotopic (exact) mass is 352 g/mol. The van der Waals surface area contributed by atoms with E-state index in [0.29, 0.717) is 11.8 Å².